The Labute approximate surface area is 181 Å². The first-order valence-electron chi connectivity index (χ1n) is 10.4. The van der Waals surface area contributed by atoms with Crippen LogP contribution in [0.25, 0.3) is 5.57 Å². The molecule has 6 heteroatoms. The topological polar surface area (TPSA) is 72.3 Å². The molecular weight excluding hydrogens is 396 g/mol. The summed E-state index contributed by atoms with van der Waals surface area (Å²) in [7, 11) is 0. The van der Waals surface area contributed by atoms with Crippen molar-refractivity contribution in [2.75, 3.05) is 6.26 Å². The number of benzene rings is 1. The lowest BCUT2D eigenvalue weighted by Crippen LogP contribution is -2.42. The van der Waals surface area contributed by atoms with Gasteiger partial charge in [0.25, 0.3) is 0 Å². The van der Waals surface area contributed by atoms with Crippen LogP contribution in [-0.4, -0.2) is 39.3 Å². The summed E-state index contributed by atoms with van der Waals surface area (Å²) in [6, 6.07) is 6.07. The van der Waals surface area contributed by atoms with Gasteiger partial charge in [-0.25, -0.2) is 9.97 Å². The van der Waals surface area contributed by atoms with Crippen LogP contribution in [0.15, 0.2) is 35.3 Å². The van der Waals surface area contributed by atoms with Gasteiger partial charge in [0.15, 0.2) is 10.9 Å². The molecule has 5 nitrogen and oxygen atoms in total. The number of allylic oxidation sites excluding steroid dienone is 1. The largest absolute Gasteiger partial charge is 0.511 e. The highest BCUT2D eigenvalue weighted by Crippen LogP contribution is 2.64. The van der Waals surface area contributed by atoms with E-state index >= 15 is 0 Å². The zero-order chi connectivity index (χ0) is 21.4. The second kappa shape index (κ2) is 6.66. The van der Waals surface area contributed by atoms with Gasteiger partial charge in [-0.05, 0) is 63.1 Å². The number of thioether (sulfide) groups is 1. The molecule has 0 radical (unpaired) electrons. The zero-order valence-corrected chi connectivity index (χ0v) is 18.7. The number of nitrogens with zero attached hydrogens (tertiary/aromatic N) is 2. The van der Waals surface area contributed by atoms with Crippen LogP contribution >= 0.6 is 11.8 Å². The minimum Gasteiger partial charge on any atom is -0.511 e. The summed E-state index contributed by atoms with van der Waals surface area (Å²) < 4.78 is 6.31. The number of carbonyl (C=O) groups excluding carboxylic acids is 1. The van der Waals surface area contributed by atoms with Crippen molar-refractivity contribution < 1.29 is 14.6 Å². The van der Waals surface area contributed by atoms with Gasteiger partial charge in [0.05, 0.1) is 34.8 Å². The Morgan fingerprint density at radius 2 is 1.93 bits per heavy atom. The van der Waals surface area contributed by atoms with Gasteiger partial charge in [0.2, 0.25) is 0 Å². The van der Waals surface area contributed by atoms with Gasteiger partial charge in [-0.15, -0.1) is 0 Å². The third-order valence-electron chi connectivity index (χ3n) is 7.25. The second-order valence-electron chi connectivity index (χ2n) is 9.02. The van der Waals surface area contributed by atoms with E-state index in [9.17, 15) is 9.90 Å². The Morgan fingerprint density at radius 3 is 2.60 bits per heavy atom. The van der Waals surface area contributed by atoms with Gasteiger partial charge in [-0.1, -0.05) is 29.5 Å². The fraction of sp³-hybridized carbons (Fsp3) is 0.458. The predicted molar refractivity (Wildman–Crippen MR) is 117 cm³/mol. The lowest BCUT2D eigenvalue weighted by atomic mass is 9.64. The monoisotopic (exact) mass is 422 g/mol. The second-order valence-corrected chi connectivity index (χ2v) is 9.80. The molecular formula is C24H26N2O3S. The van der Waals surface area contributed by atoms with E-state index in [1.165, 1.54) is 11.8 Å². The lowest BCUT2D eigenvalue weighted by molar-refractivity contribution is -0.120. The number of aryl methyl sites for hydroxylation is 3. The van der Waals surface area contributed by atoms with Crippen LogP contribution in [-0.2, 0) is 9.53 Å². The van der Waals surface area contributed by atoms with E-state index in [-0.39, 0.29) is 35.6 Å². The third kappa shape index (κ3) is 2.50. The van der Waals surface area contributed by atoms with Crippen molar-refractivity contribution in [3.8, 4) is 0 Å². The Kier molecular flexibility index (Phi) is 4.39. The van der Waals surface area contributed by atoms with E-state index in [0.717, 1.165) is 39.5 Å². The quantitative estimate of drug-likeness (QED) is 0.578. The molecule has 5 rings (SSSR count). The third-order valence-corrected chi connectivity index (χ3v) is 7.81. The molecule has 3 aliphatic rings. The van der Waals surface area contributed by atoms with Crippen LogP contribution in [0.3, 0.4) is 0 Å². The molecule has 0 amide bonds. The number of aliphatic hydroxyl groups is 1. The fourth-order valence-corrected chi connectivity index (χ4v) is 6.33. The number of aromatic nitrogens is 2. The minimum atomic E-state index is -0.674. The van der Waals surface area contributed by atoms with E-state index < -0.39 is 5.41 Å². The highest BCUT2D eigenvalue weighted by Gasteiger charge is 2.69. The Bertz CT molecular complexity index is 1090. The molecule has 0 saturated carbocycles. The number of rotatable bonds is 3. The van der Waals surface area contributed by atoms with Crippen molar-refractivity contribution in [2.45, 2.75) is 57.4 Å². The van der Waals surface area contributed by atoms with Crippen LogP contribution in [0.1, 0.15) is 47.2 Å². The molecule has 30 heavy (non-hydrogen) atoms. The number of Topliss-reactive ketones (excluding diaryl/α,β-unsaturated/α-hetero) is 1. The van der Waals surface area contributed by atoms with Crippen molar-refractivity contribution in [1.29, 1.82) is 0 Å². The summed E-state index contributed by atoms with van der Waals surface area (Å²) in [6.45, 7) is 8.06. The average molecular weight is 423 g/mol. The van der Waals surface area contributed by atoms with Gasteiger partial charge in [0, 0.05) is 12.1 Å². The van der Waals surface area contributed by atoms with Crippen molar-refractivity contribution in [1.82, 2.24) is 9.97 Å². The van der Waals surface area contributed by atoms with Crippen molar-refractivity contribution in [3.63, 3.8) is 0 Å². The average Bonchev–Trinajstić information content (AvgIpc) is 3.32. The molecule has 1 aromatic heterocycles. The van der Waals surface area contributed by atoms with E-state index in [1.54, 1.807) is 6.20 Å². The number of hydrogen-bond acceptors (Lipinski definition) is 6. The van der Waals surface area contributed by atoms with Gasteiger partial charge >= 0.3 is 0 Å². The molecule has 1 aliphatic carbocycles. The zero-order valence-electron chi connectivity index (χ0n) is 17.9. The first-order chi connectivity index (χ1) is 14.3. The maximum atomic E-state index is 13.7. The normalized spacial score (nSPS) is 32.2. The maximum absolute atomic E-state index is 13.7. The molecule has 2 bridgehead atoms. The standard InChI is InChI=1S/C24H26N2O3S/c1-11-8-12(2)17(13(3)9-11)18-20(27)19-21-14(15-6-7-25-23(26-15)30-5)10-16(29-21)24(19,4)22(18)28/h6-9,14,16,19,21,28H,10H2,1-5H3/t14?,16?,19-,21-,24+/m1/s1. The van der Waals surface area contributed by atoms with Crippen LogP contribution < -0.4 is 0 Å². The highest BCUT2D eigenvalue weighted by atomic mass is 32.2. The molecule has 2 saturated heterocycles. The fourth-order valence-electron chi connectivity index (χ4n) is 5.97. The number of ketones is 1. The number of fused-ring (bicyclic) bond motifs is 5. The van der Waals surface area contributed by atoms with Crippen LogP contribution in [0.5, 0.6) is 0 Å². The van der Waals surface area contributed by atoms with Crippen molar-refractivity contribution in [2.24, 2.45) is 11.3 Å². The minimum absolute atomic E-state index is 0.00130. The van der Waals surface area contributed by atoms with Crippen LogP contribution in [0.4, 0.5) is 0 Å². The van der Waals surface area contributed by atoms with Crippen molar-refractivity contribution >= 4 is 23.1 Å². The first-order valence-corrected chi connectivity index (χ1v) is 11.6. The van der Waals surface area contributed by atoms with Gasteiger partial charge in [-0.3, -0.25) is 4.79 Å². The number of carbonyl (C=O) groups is 1. The van der Waals surface area contributed by atoms with Crippen molar-refractivity contribution in [3.05, 3.63) is 58.1 Å². The summed E-state index contributed by atoms with van der Waals surface area (Å²) in [5.41, 5.74) is 4.82. The van der Waals surface area contributed by atoms with E-state index in [4.69, 9.17) is 4.74 Å². The summed E-state index contributed by atoms with van der Waals surface area (Å²) >= 11 is 1.51. The molecule has 3 heterocycles. The SMILES string of the molecule is CSc1nccc(C2CC3O[C@H]2[C@H]2C(=O)C(c4c(C)cc(C)cc4C)=C(O)[C@@]32C)n1. The summed E-state index contributed by atoms with van der Waals surface area (Å²) in [5, 5.41) is 12.1. The molecule has 2 unspecified atom stereocenters. The highest BCUT2D eigenvalue weighted by molar-refractivity contribution is 7.98. The van der Waals surface area contributed by atoms with Gasteiger partial charge in [-0.2, -0.15) is 0 Å². The molecule has 1 aromatic carbocycles. The summed E-state index contributed by atoms with van der Waals surface area (Å²) in [4.78, 5) is 22.7. The van der Waals surface area contributed by atoms with Crippen LogP contribution in [0.2, 0.25) is 0 Å². The number of ether oxygens (including phenoxy) is 1. The first kappa shape index (κ1) is 19.8. The number of aliphatic hydroxyl groups excluding tert-OH is 1. The molecule has 156 valence electrons. The molecule has 5 atom stereocenters. The van der Waals surface area contributed by atoms with Gasteiger partial charge < -0.3 is 9.84 Å². The lowest BCUT2D eigenvalue weighted by Gasteiger charge is -2.35. The Hall–Kier alpha value is -2.18. The summed E-state index contributed by atoms with van der Waals surface area (Å²) in [6.07, 6.45) is 4.00. The van der Waals surface area contributed by atoms with Crippen LogP contribution in [0, 0.1) is 32.1 Å². The molecule has 2 fully saturated rings. The Balaban J connectivity index is 1.58. The predicted octanol–water partition coefficient (Wildman–Crippen LogP) is 4.55. The van der Waals surface area contributed by atoms with E-state index in [2.05, 4.69) is 22.1 Å². The molecule has 2 aliphatic heterocycles. The number of hydrogen-bond donors (Lipinski definition) is 1. The molecule has 0 spiro atoms. The van der Waals surface area contributed by atoms with Gasteiger partial charge in [0.1, 0.15) is 5.76 Å². The summed E-state index contributed by atoms with van der Waals surface area (Å²) in [5.74, 6) is -0.144. The molecule has 2 aromatic rings. The maximum Gasteiger partial charge on any atom is 0.187 e. The smallest absolute Gasteiger partial charge is 0.187 e. The van der Waals surface area contributed by atoms with E-state index in [0.29, 0.717) is 5.57 Å². The Morgan fingerprint density at radius 1 is 1.23 bits per heavy atom. The van der Waals surface area contributed by atoms with E-state index in [1.807, 2.05) is 40.0 Å². The molecule has 1 N–H and O–H groups in total.